The fourth-order valence-electron chi connectivity index (χ4n) is 6.39. The van der Waals surface area contributed by atoms with E-state index >= 15 is 0 Å². The van der Waals surface area contributed by atoms with Crippen LogP contribution in [0.2, 0.25) is 0 Å². The van der Waals surface area contributed by atoms with Crippen LogP contribution in [-0.4, -0.2) is 45.5 Å². The lowest BCUT2D eigenvalue weighted by atomic mass is 9.83. The van der Waals surface area contributed by atoms with Crippen LogP contribution in [0.3, 0.4) is 0 Å². The lowest BCUT2D eigenvalue weighted by Crippen LogP contribution is -2.60. The highest BCUT2D eigenvalue weighted by Crippen LogP contribution is 2.38. The lowest BCUT2D eigenvalue weighted by molar-refractivity contribution is 0.0241. The molecule has 7 rings (SSSR count). The zero-order chi connectivity index (χ0) is 24.6. The Kier molecular flexibility index (Phi) is 4.43. The summed E-state index contributed by atoms with van der Waals surface area (Å²) in [4.78, 5) is 57.7. The molecule has 0 radical (unpaired) electrons. The smallest absolute Gasteiger partial charge is 0.261 e. The largest absolute Gasteiger partial charge is 0.269 e. The molecule has 36 heavy (non-hydrogen) atoms. The Morgan fingerprint density at radius 2 is 0.778 bits per heavy atom. The summed E-state index contributed by atoms with van der Waals surface area (Å²) < 4.78 is 0. The summed E-state index contributed by atoms with van der Waals surface area (Å²) in [5.74, 6) is -1.44. The summed E-state index contributed by atoms with van der Waals surface area (Å²) in [6, 6.07) is 20.7. The molecule has 4 aromatic rings. The summed E-state index contributed by atoms with van der Waals surface area (Å²) in [6.07, 6.45) is 2.71. The van der Waals surface area contributed by atoms with Gasteiger partial charge < -0.3 is 0 Å². The fourth-order valence-corrected chi connectivity index (χ4v) is 6.39. The molecule has 1 saturated carbocycles. The van der Waals surface area contributed by atoms with Gasteiger partial charge in [-0.2, -0.15) is 0 Å². The standard InChI is InChI=1S/C30H22N2O4/c33-27-19-11-3-7-17-8-4-12-20(25(17)19)28(34)31(27)23-15-1-2-16-24(23)32-29(35)21-13-5-9-18-10-6-14-22(26(18)21)30(32)36/h3-14,23-24H,1-2,15-16H2/t23-,24-/m0/s1. The molecule has 3 aliphatic rings. The zero-order valence-corrected chi connectivity index (χ0v) is 19.4. The topological polar surface area (TPSA) is 74.8 Å². The van der Waals surface area contributed by atoms with E-state index in [0.29, 0.717) is 45.9 Å². The Morgan fingerprint density at radius 3 is 1.08 bits per heavy atom. The van der Waals surface area contributed by atoms with Crippen molar-refractivity contribution in [3.05, 3.63) is 95.1 Å². The van der Waals surface area contributed by atoms with Gasteiger partial charge in [0, 0.05) is 33.0 Å². The van der Waals surface area contributed by atoms with Crippen LogP contribution in [0.5, 0.6) is 0 Å². The normalized spacial score (nSPS) is 21.6. The molecule has 0 saturated heterocycles. The molecule has 1 aliphatic carbocycles. The van der Waals surface area contributed by atoms with Gasteiger partial charge in [0.05, 0.1) is 12.1 Å². The molecule has 0 spiro atoms. The Bertz CT molecular complexity index is 1430. The maximum atomic E-state index is 13.8. The molecule has 2 atom stereocenters. The number of carbonyl (C=O) groups is 4. The van der Waals surface area contributed by atoms with Crippen LogP contribution >= 0.6 is 0 Å². The number of hydrogen-bond acceptors (Lipinski definition) is 4. The third-order valence-corrected chi connectivity index (χ3v) is 7.96. The average molecular weight is 475 g/mol. The average Bonchev–Trinajstić information content (AvgIpc) is 2.91. The van der Waals surface area contributed by atoms with Crippen molar-refractivity contribution < 1.29 is 19.2 Å². The van der Waals surface area contributed by atoms with Gasteiger partial charge in [-0.1, -0.05) is 61.4 Å². The molecule has 176 valence electrons. The minimum absolute atomic E-state index is 0.361. The maximum absolute atomic E-state index is 13.8. The van der Waals surface area contributed by atoms with Gasteiger partial charge in [-0.05, 0) is 47.9 Å². The van der Waals surface area contributed by atoms with E-state index < -0.39 is 12.1 Å². The van der Waals surface area contributed by atoms with E-state index in [4.69, 9.17) is 0 Å². The highest BCUT2D eigenvalue weighted by molar-refractivity contribution is 6.27. The van der Waals surface area contributed by atoms with Crippen LogP contribution < -0.4 is 0 Å². The van der Waals surface area contributed by atoms with Crippen LogP contribution in [0, 0.1) is 0 Å². The molecule has 0 N–H and O–H groups in total. The van der Waals surface area contributed by atoms with Gasteiger partial charge in [0.15, 0.2) is 0 Å². The quantitative estimate of drug-likeness (QED) is 0.375. The summed E-state index contributed by atoms with van der Waals surface area (Å²) in [6.45, 7) is 0. The molecule has 6 nitrogen and oxygen atoms in total. The molecule has 0 aromatic heterocycles. The van der Waals surface area contributed by atoms with Crippen molar-refractivity contribution in [2.45, 2.75) is 37.8 Å². The van der Waals surface area contributed by atoms with Crippen LogP contribution in [0.4, 0.5) is 0 Å². The number of imide groups is 2. The van der Waals surface area contributed by atoms with Crippen LogP contribution in [0.25, 0.3) is 21.5 Å². The molecule has 4 aromatic carbocycles. The van der Waals surface area contributed by atoms with Gasteiger partial charge in [0.1, 0.15) is 0 Å². The van der Waals surface area contributed by atoms with Gasteiger partial charge in [0.2, 0.25) is 0 Å². The van der Waals surface area contributed by atoms with Crippen molar-refractivity contribution in [1.29, 1.82) is 0 Å². The summed E-state index contributed by atoms with van der Waals surface area (Å²) in [5.41, 5.74) is 1.94. The number of carbonyl (C=O) groups excluding carboxylic acids is 4. The van der Waals surface area contributed by atoms with Crippen molar-refractivity contribution >= 4 is 45.2 Å². The first-order valence-electron chi connectivity index (χ1n) is 12.4. The predicted molar refractivity (Wildman–Crippen MR) is 135 cm³/mol. The second-order valence-corrected chi connectivity index (χ2v) is 9.80. The second kappa shape index (κ2) is 7.59. The van der Waals surface area contributed by atoms with Crippen molar-refractivity contribution in [3.8, 4) is 0 Å². The van der Waals surface area contributed by atoms with Gasteiger partial charge in [0.25, 0.3) is 23.6 Å². The van der Waals surface area contributed by atoms with E-state index in [1.165, 1.54) is 9.80 Å². The van der Waals surface area contributed by atoms with Gasteiger partial charge in [-0.15, -0.1) is 0 Å². The molecular weight excluding hydrogens is 452 g/mol. The third-order valence-electron chi connectivity index (χ3n) is 7.96. The summed E-state index contributed by atoms with van der Waals surface area (Å²) in [7, 11) is 0. The van der Waals surface area contributed by atoms with Crippen LogP contribution in [0.15, 0.2) is 72.8 Å². The van der Waals surface area contributed by atoms with Gasteiger partial charge in [-0.25, -0.2) is 0 Å². The highest BCUT2D eigenvalue weighted by Gasteiger charge is 2.47. The van der Waals surface area contributed by atoms with Crippen LogP contribution in [-0.2, 0) is 0 Å². The SMILES string of the molecule is O=C1c2cccc3cccc(c23)C(=O)N1[C@H]1CCCC[C@@H]1N1C(=O)c2cccc3cccc(c23)C1=O. The maximum Gasteiger partial charge on any atom is 0.261 e. The van der Waals surface area contributed by atoms with E-state index in [1.54, 1.807) is 24.3 Å². The van der Waals surface area contributed by atoms with Crippen molar-refractivity contribution in [3.63, 3.8) is 0 Å². The van der Waals surface area contributed by atoms with Crippen molar-refractivity contribution in [2.75, 3.05) is 0 Å². The number of hydrogen-bond donors (Lipinski definition) is 0. The molecule has 2 aliphatic heterocycles. The molecular formula is C30H22N2O4. The molecule has 1 fully saturated rings. The van der Waals surface area contributed by atoms with E-state index in [2.05, 4.69) is 0 Å². The third kappa shape index (κ3) is 2.72. The number of rotatable bonds is 2. The minimum atomic E-state index is -0.584. The van der Waals surface area contributed by atoms with E-state index in [1.807, 2.05) is 48.5 Å². The Labute approximate surface area is 207 Å². The van der Waals surface area contributed by atoms with E-state index in [9.17, 15) is 19.2 Å². The first kappa shape index (κ1) is 21.0. The second-order valence-electron chi connectivity index (χ2n) is 9.80. The van der Waals surface area contributed by atoms with Crippen molar-refractivity contribution in [2.24, 2.45) is 0 Å². The summed E-state index contributed by atoms with van der Waals surface area (Å²) in [5, 5.41) is 3.03. The Balaban J connectivity index is 1.34. The summed E-state index contributed by atoms with van der Waals surface area (Å²) >= 11 is 0. The lowest BCUT2D eigenvalue weighted by Gasteiger charge is -2.45. The monoisotopic (exact) mass is 474 g/mol. The van der Waals surface area contributed by atoms with Crippen LogP contribution in [0.1, 0.15) is 67.1 Å². The first-order valence-corrected chi connectivity index (χ1v) is 12.4. The van der Waals surface area contributed by atoms with E-state index in [0.717, 1.165) is 23.6 Å². The van der Waals surface area contributed by atoms with Crippen molar-refractivity contribution in [1.82, 2.24) is 9.80 Å². The van der Waals surface area contributed by atoms with Gasteiger partial charge in [-0.3, -0.25) is 29.0 Å². The first-order chi connectivity index (χ1) is 17.6. The Morgan fingerprint density at radius 1 is 0.472 bits per heavy atom. The number of nitrogens with zero attached hydrogens (tertiary/aromatic N) is 2. The molecule has 2 heterocycles. The minimum Gasteiger partial charge on any atom is -0.269 e. The molecule has 6 heteroatoms. The predicted octanol–water partition coefficient (Wildman–Crippen LogP) is 5.20. The highest BCUT2D eigenvalue weighted by atomic mass is 16.2. The number of amides is 4. The molecule has 4 amide bonds. The Hall–Kier alpha value is -4.32. The number of benzene rings is 4. The molecule has 0 unspecified atom stereocenters. The van der Waals surface area contributed by atoms with E-state index in [-0.39, 0.29) is 23.6 Å². The molecule has 0 bridgehead atoms. The van der Waals surface area contributed by atoms with Gasteiger partial charge >= 0.3 is 0 Å². The fraction of sp³-hybridized carbons (Fsp3) is 0.200. The zero-order valence-electron chi connectivity index (χ0n) is 19.4.